The number of aryl methyl sites for hydroxylation is 1. The third-order valence-electron chi connectivity index (χ3n) is 5.14. The Bertz CT molecular complexity index is 1090. The first kappa shape index (κ1) is 19.9. The van der Waals surface area contributed by atoms with Gasteiger partial charge in [0, 0.05) is 32.4 Å². The Balaban J connectivity index is 1.52. The summed E-state index contributed by atoms with van der Waals surface area (Å²) in [7, 11) is 0. The van der Waals surface area contributed by atoms with Crippen LogP contribution in [0.2, 0.25) is 5.15 Å². The SMILES string of the molecule is Cc1nn(-c2ccccc2)c(Cl)c1C(=O)N1CCN(c2ncccc2C(N)=O)CC1. The molecule has 1 aliphatic rings. The number of nitrogens with two attached hydrogens (primary N) is 1. The number of benzene rings is 1. The minimum absolute atomic E-state index is 0.157. The molecule has 0 saturated carbocycles. The lowest BCUT2D eigenvalue weighted by Crippen LogP contribution is -2.49. The van der Waals surface area contributed by atoms with Gasteiger partial charge in [0.25, 0.3) is 11.8 Å². The zero-order chi connectivity index (χ0) is 21.3. The van der Waals surface area contributed by atoms with Crippen molar-refractivity contribution in [2.45, 2.75) is 6.92 Å². The highest BCUT2D eigenvalue weighted by Crippen LogP contribution is 2.26. The van der Waals surface area contributed by atoms with Crippen molar-refractivity contribution in [3.8, 4) is 5.69 Å². The van der Waals surface area contributed by atoms with Gasteiger partial charge in [0.05, 0.1) is 22.5 Å². The quantitative estimate of drug-likeness (QED) is 0.693. The number of para-hydroxylation sites is 1. The minimum Gasteiger partial charge on any atom is -0.365 e. The molecule has 0 atom stereocenters. The van der Waals surface area contributed by atoms with Gasteiger partial charge in [-0.25, -0.2) is 9.67 Å². The van der Waals surface area contributed by atoms with Crippen molar-refractivity contribution in [3.05, 3.63) is 70.6 Å². The summed E-state index contributed by atoms with van der Waals surface area (Å²) in [5.41, 5.74) is 7.62. The van der Waals surface area contributed by atoms with E-state index in [-0.39, 0.29) is 5.91 Å². The summed E-state index contributed by atoms with van der Waals surface area (Å²) >= 11 is 6.54. The molecule has 0 bridgehead atoms. The van der Waals surface area contributed by atoms with Gasteiger partial charge in [-0.1, -0.05) is 29.8 Å². The first-order valence-electron chi connectivity index (χ1n) is 9.57. The second kappa shape index (κ2) is 8.16. The van der Waals surface area contributed by atoms with Gasteiger partial charge in [0.15, 0.2) is 0 Å². The van der Waals surface area contributed by atoms with Gasteiger partial charge < -0.3 is 15.5 Å². The predicted octanol–water partition coefficient (Wildman–Crippen LogP) is 2.29. The topological polar surface area (TPSA) is 97.3 Å². The molecule has 8 nitrogen and oxygen atoms in total. The average molecular weight is 425 g/mol. The number of carbonyl (C=O) groups is 2. The van der Waals surface area contributed by atoms with Gasteiger partial charge in [0.1, 0.15) is 11.0 Å². The maximum Gasteiger partial charge on any atom is 0.259 e. The number of piperazine rings is 1. The van der Waals surface area contributed by atoms with Crippen LogP contribution in [0.5, 0.6) is 0 Å². The van der Waals surface area contributed by atoms with E-state index in [0.717, 1.165) is 5.69 Å². The van der Waals surface area contributed by atoms with E-state index in [9.17, 15) is 9.59 Å². The first-order chi connectivity index (χ1) is 14.5. The summed E-state index contributed by atoms with van der Waals surface area (Å²) < 4.78 is 1.58. The number of halogens is 1. The fraction of sp³-hybridized carbons (Fsp3) is 0.238. The van der Waals surface area contributed by atoms with Crippen LogP contribution in [-0.4, -0.2) is 57.7 Å². The van der Waals surface area contributed by atoms with Crippen LogP contribution < -0.4 is 10.6 Å². The molecule has 1 fully saturated rings. The predicted molar refractivity (Wildman–Crippen MR) is 114 cm³/mol. The molecule has 154 valence electrons. The van der Waals surface area contributed by atoms with E-state index in [4.69, 9.17) is 17.3 Å². The number of rotatable bonds is 4. The van der Waals surface area contributed by atoms with E-state index in [1.54, 1.807) is 34.8 Å². The lowest BCUT2D eigenvalue weighted by atomic mass is 10.2. The van der Waals surface area contributed by atoms with Crippen molar-refractivity contribution in [1.82, 2.24) is 19.7 Å². The Labute approximate surface area is 178 Å². The van der Waals surface area contributed by atoms with Gasteiger partial charge in [-0.2, -0.15) is 5.10 Å². The number of primary amides is 1. The van der Waals surface area contributed by atoms with Gasteiger partial charge in [-0.3, -0.25) is 9.59 Å². The van der Waals surface area contributed by atoms with Gasteiger partial charge >= 0.3 is 0 Å². The largest absolute Gasteiger partial charge is 0.365 e. The van der Waals surface area contributed by atoms with Gasteiger partial charge in [0.2, 0.25) is 0 Å². The third kappa shape index (κ3) is 3.61. The van der Waals surface area contributed by atoms with Gasteiger partial charge in [-0.15, -0.1) is 0 Å². The van der Waals surface area contributed by atoms with Crippen LogP contribution >= 0.6 is 11.6 Å². The molecule has 0 unspecified atom stereocenters. The minimum atomic E-state index is -0.521. The third-order valence-corrected chi connectivity index (χ3v) is 5.49. The molecule has 4 rings (SSSR count). The standard InChI is InChI=1S/C21H21ClN6O2/c1-14-17(18(22)28(25-14)15-6-3-2-4-7-15)21(30)27-12-10-26(11-13-27)20-16(19(23)29)8-5-9-24-20/h2-9H,10-13H2,1H3,(H2,23,29). The highest BCUT2D eigenvalue weighted by Gasteiger charge is 2.29. The van der Waals surface area contributed by atoms with E-state index in [0.29, 0.717) is 54.0 Å². The van der Waals surface area contributed by atoms with Crippen molar-refractivity contribution in [2.75, 3.05) is 31.1 Å². The Morgan fingerprint density at radius 1 is 1.03 bits per heavy atom. The first-order valence-corrected chi connectivity index (χ1v) is 9.94. The second-order valence-corrected chi connectivity index (χ2v) is 7.37. The normalized spacial score (nSPS) is 14.1. The number of amides is 2. The monoisotopic (exact) mass is 424 g/mol. The van der Waals surface area contributed by atoms with Crippen molar-refractivity contribution in [1.29, 1.82) is 0 Å². The molecule has 3 aromatic rings. The molecule has 3 heterocycles. The fourth-order valence-corrected chi connectivity index (χ4v) is 3.96. The summed E-state index contributed by atoms with van der Waals surface area (Å²) in [6.07, 6.45) is 1.63. The number of hydrogen-bond acceptors (Lipinski definition) is 5. The van der Waals surface area contributed by atoms with Crippen molar-refractivity contribution in [3.63, 3.8) is 0 Å². The van der Waals surface area contributed by atoms with Crippen molar-refractivity contribution in [2.24, 2.45) is 5.73 Å². The number of aromatic nitrogens is 3. The zero-order valence-electron chi connectivity index (χ0n) is 16.5. The fourth-order valence-electron chi connectivity index (χ4n) is 3.60. The van der Waals surface area contributed by atoms with Crippen LogP contribution in [0, 0.1) is 6.92 Å². The van der Waals surface area contributed by atoms with E-state index in [2.05, 4.69) is 10.1 Å². The van der Waals surface area contributed by atoms with Crippen LogP contribution in [0.1, 0.15) is 26.4 Å². The molecule has 9 heteroatoms. The van der Waals surface area contributed by atoms with E-state index < -0.39 is 5.91 Å². The average Bonchev–Trinajstić information content (AvgIpc) is 3.08. The molecule has 2 aromatic heterocycles. The Hall–Kier alpha value is -3.39. The van der Waals surface area contributed by atoms with Gasteiger partial charge in [-0.05, 0) is 31.2 Å². The van der Waals surface area contributed by atoms with Crippen molar-refractivity contribution < 1.29 is 9.59 Å². The highest BCUT2D eigenvalue weighted by molar-refractivity contribution is 6.33. The zero-order valence-corrected chi connectivity index (χ0v) is 17.2. The Kier molecular flexibility index (Phi) is 5.41. The summed E-state index contributed by atoms with van der Waals surface area (Å²) in [6, 6.07) is 12.8. The maximum atomic E-state index is 13.2. The van der Waals surface area contributed by atoms with E-state index in [1.165, 1.54) is 0 Å². The lowest BCUT2D eigenvalue weighted by molar-refractivity contribution is 0.0745. The highest BCUT2D eigenvalue weighted by atomic mass is 35.5. The number of hydrogen-bond donors (Lipinski definition) is 1. The van der Waals surface area contributed by atoms with Crippen LogP contribution in [0.25, 0.3) is 5.69 Å². The van der Waals surface area contributed by atoms with E-state index >= 15 is 0 Å². The number of anilines is 1. The molecule has 1 saturated heterocycles. The van der Waals surface area contributed by atoms with Crippen LogP contribution in [0.15, 0.2) is 48.7 Å². The second-order valence-electron chi connectivity index (χ2n) is 7.02. The Morgan fingerprint density at radius 3 is 2.40 bits per heavy atom. The molecule has 0 aliphatic carbocycles. The molecular formula is C21H21ClN6O2. The molecular weight excluding hydrogens is 404 g/mol. The Morgan fingerprint density at radius 2 is 1.73 bits per heavy atom. The summed E-state index contributed by atoms with van der Waals surface area (Å²) in [6.45, 7) is 3.79. The summed E-state index contributed by atoms with van der Waals surface area (Å²) in [5.74, 6) is -0.133. The summed E-state index contributed by atoms with van der Waals surface area (Å²) in [5, 5.41) is 4.75. The maximum absolute atomic E-state index is 13.2. The molecule has 1 aliphatic heterocycles. The number of nitrogens with zero attached hydrogens (tertiary/aromatic N) is 5. The molecule has 2 amide bonds. The van der Waals surface area contributed by atoms with E-state index in [1.807, 2.05) is 35.2 Å². The molecule has 0 radical (unpaired) electrons. The smallest absolute Gasteiger partial charge is 0.259 e. The molecule has 30 heavy (non-hydrogen) atoms. The van der Waals surface area contributed by atoms with Crippen LogP contribution in [0.4, 0.5) is 5.82 Å². The molecule has 1 aromatic carbocycles. The molecule has 2 N–H and O–H groups in total. The van der Waals surface area contributed by atoms with Crippen molar-refractivity contribution >= 4 is 29.2 Å². The summed E-state index contributed by atoms with van der Waals surface area (Å²) in [4.78, 5) is 32.9. The van der Waals surface area contributed by atoms with Crippen LogP contribution in [-0.2, 0) is 0 Å². The molecule has 0 spiro atoms. The number of pyridine rings is 1. The lowest BCUT2D eigenvalue weighted by Gasteiger charge is -2.36. The number of carbonyl (C=O) groups excluding carboxylic acids is 2. The van der Waals surface area contributed by atoms with Crippen LogP contribution in [0.3, 0.4) is 0 Å².